The highest BCUT2D eigenvalue weighted by Crippen LogP contribution is 2.47. The van der Waals surface area contributed by atoms with Crippen LogP contribution in [-0.4, -0.2) is 61.6 Å². The average Bonchev–Trinajstić information content (AvgIpc) is 3.54. The van der Waals surface area contributed by atoms with Crippen LogP contribution < -0.4 is 16.8 Å². The summed E-state index contributed by atoms with van der Waals surface area (Å²) in [5.74, 6) is 0.0509. The van der Waals surface area contributed by atoms with Gasteiger partial charge >= 0.3 is 0 Å². The molecule has 218 valence electrons. The van der Waals surface area contributed by atoms with Gasteiger partial charge in [-0.3, -0.25) is 9.59 Å². The Morgan fingerprint density at radius 1 is 1.14 bits per heavy atom. The minimum Gasteiger partial charge on any atom is -0.399 e. The minimum absolute atomic E-state index is 0.0295. The second kappa shape index (κ2) is 11.4. The minimum atomic E-state index is -0.838. The number of nitriles is 1. The summed E-state index contributed by atoms with van der Waals surface area (Å²) in [6.45, 7) is 8.05. The van der Waals surface area contributed by atoms with E-state index in [9.17, 15) is 14.9 Å². The number of benzene rings is 2. The topological polar surface area (TPSA) is 169 Å². The molecule has 2 heterocycles. The zero-order chi connectivity index (χ0) is 30.2. The largest absolute Gasteiger partial charge is 0.399 e. The SMILES string of the molecule is C=C(N)c1ccc2c(c1)CCc1cc(C(N)=O)ccc1C2(C[C@H](C)NCC(=O)N1[C@H](C#N)CC[C@@H]1C)c1nnnn1C. The Hall–Kier alpha value is -4.56. The third-order valence-corrected chi connectivity index (χ3v) is 8.77. The Balaban J connectivity index is 1.61. The Kier molecular flexibility index (Phi) is 7.84. The molecule has 1 saturated heterocycles. The molecule has 0 radical (unpaired) electrons. The molecule has 2 amide bonds. The maximum absolute atomic E-state index is 13.3. The first-order chi connectivity index (χ1) is 20.1. The van der Waals surface area contributed by atoms with Crippen LogP contribution in [0.15, 0.2) is 43.0 Å². The van der Waals surface area contributed by atoms with Crippen molar-refractivity contribution >= 4 is 17.5 Å². The molecule has 1 unspecified atom stereocenters. The van der Waals surface area contributed by atoms with E-state index in [0.717, 1.165) is 34.2 Å². The summed E-state index contributed by atoms with van der Waals surface area (Å²) in [6.07, 6.45) is 3.38. The number of hydrogen-bond acceptors (Lipinski definition) is 8. The van der Waals surface area contributed by atoms with Crippen LogP contribution >= 0.6 is 0 Å². The zero-order valence-electron chi connectivity index (χ0n) is 24.3. The van der Waals surface area contributed by atoms with Gasteiger partial charge in [0.1, 0.15) is 6.04 Å². The van der Waals surface area contributed by atoms with E-state index in [4.69, 9.17) is 11.5 Å². The van der Waals surface area contributed by atoms with Crippen LogP contribution in [0.1, 0.15) is 77.1 Å². The van der Waals surface area contributed by atoms with Crippen LogP contribution in [0.5, 0.6) is 0 Å². The molecule has 1 aliphatic carbocycles. The van der Waals surface area contributed by atoms with Crippen molar-refractivity contribution in [3.8, 4) is 6.07 Å². The lowest BCUT2D eigenvalue weighted by atomic mass is 9.67. The van der Waals surface area contributed by atoms with Gasteiger partial charge in [-0.25, -0.2) is 4.68 Å². The molecule has 4 atom stereocenters. The van der Waals surface area contributed by atoms with Gasteiger partial charge in [0.2, 0.25) is 11.8 Å². The first-order valence-corrected chi connectivity index (χ1v) is 14.2. The molecule has 1 aliphatic heterocycles. The summed E-state index contributed by atoms with van der Waals surface area (Å²) in [5, 5.41) is 25.7. The molecule has 3 aromatic rings. The van der Waals surface area contributed by atoms with Crippen molar-refractivity contribution in [3.05, 3.63) is 82.2 Å². The second-order valence-electron chi connectivity index (χ2n) is 11.5. The van der Waals surface area contributed by atoms with Gasteiger partial charge in [-0.15, -0.1) is 5.10 Å². The van der Waals surface area contributed by atoms with E-state index in [0.29, 0.717) is 42.8 Å². The molecule has 1 aromatic heterocycles. The summed E-state index contributed by atoms with van der Waals surface area (Å²) in [5.41, 5.74) is 16.7. The number of fused-ring (bicyclic) bond motifs is 2. The molecule has 11 nitrogen and oxygen atoms in total. The van der Waals surface area contributed by atoms with Crippen molar-refractivity contribution < 1.29 is 9.59 Å². The van der Waals surface area contributed by atoms with Gasteiger partial charge in [0, 0.05) is 30.4 Å². The highest BCUT2D eigenvalue weighted by molar-refractivity contribution is 5.93. The van der Waals surface area contributed by atoms with Crippen molar-refractivity contribution in [2.75, 3.05) is 6.54 Å². The van der Waals surface area contributed by atoms with E-state index < -0.39 is 17.4 Å². The quantitative estimate of drug-likeness (QED) is 0.371. The number of amides is 2. The number of nitrogens with two attached hydrogens (primary N) is 2. The molecule has 11 heteroatoms. The molecule has 2 aromatic carbocycles. The van der Waals surface area contributed by atoms with Gasteiger partial charge in [0.05, 0.1) is 18.0 Å². The number of likely N-dealkylation sites (tertiary alicyclic amines) is 1. The normalized spacial score (nSPS) is 22.0. The molecule has 0 saturated carbocycles. The summed E-state index contributed by atoms with van der Waals surface area (Å²) < 4.78 is 1.68. The Morgan fingerprint density at radius 2 is 1.79 bits per heavy atom. The van der Waals surface area contributed by atoms with Crippen molar-refractivity contribution in [1.29, 1.82) is 5.26 Å². The number of tetrazole rings is 1. The van der Waals surface area contributed by atoms with Gasteiger partial charge in [-0.05, 0) is 102 Å². The van der Waals surface area contributed by atoms with Crippen LogP contribution in [0.4, 0.5) is 0 Å². The number of hydrogen-bond donors (Lipinski definition) is 3. The molecule has 0 bridgehead atoms. The summed E-state index contributed by atoms with van der Waals surface area (Å²) in [4.78, 5) is 27.1. The zero-order valence-corrected chi connectivity index (χ0v) is 24.3. The maximum atomic E-state index is 13.3. The maximum Gasteiger partial charge on any atom is 0.248 e. The van der Waals surface area contributed by atoms with Crippen LogP contribution in [0.2, 0.25) is 0 Å². The van der Waals surface area contributed by atoms with Gasteiger partial charge in [0.15, 0.2) is 5.82 Å². The first-order valence-electron chi connectivity index (χ1n) is 14.2. The fraction of sp³-hybridized carbons (Fsp3) is 0.419. The summed E-state index contributed by atoms with van der Waals surface area (Å²) >= 11 is 0. The van der Waals surface area contributed by atoms with Crippen molar-refractivity contribution in [2.45, 2.75) is 69.5 Å². The van der Waals surface area contributed by atoms with Crippen molar-refractivity contribution in [1.82, 2.24) is 30.4 Å². The van der Waals surface area contributed by atoms with Crippen LogP contribution in [0.25, 0.3) is 5.70 Å². The van der Waals surface area contributed by atoms with Crippen LogP contribution in [0, 0.1) is 11.3 Å². The van der Waals surface area contributed by atoms with Gasteiger partial charge in [-0.1, -0.05) is 24.8 Å². The van der Waals surface area contributed by atoms with E-state index in [1.54, 1.807) is 15.6 Å². The number of nitrogens with one attached hydrogen (secondary N) is 1. The smallest absolute Gasteiger partial charge is 0.248 e. The number of aromatic nitrogens is 4. The first kappa shape index (κ1) is 29.0. The Morgan fingerprint density at radius 3 is 2.36 bits per heavy atom. The number of carbonyl (C=O) groups is 2. The molecule has 2 aliphatic rings. The van der Waals surface area contributed by atoms with E-state index in [1.165, 1.54) is 0 Å². The molecular formula is C31H37N9O2. The predicted octanol–water partition coefficient (Wildman–Crippen LogP) is 1.94. The average molecular weight is 568 g/mol. The molecule has 1 fully saturated rings. The van der Waals surface area contributed by atoms with Gasteiger partial charge < -0.3 is 21.7 Å². The Labute approximate surface area is 245 Å². The number of aryl methyl sites for hydroxylation is 3. The van der Waals surface area contributed by atoms with Crippen LogP contribution in [0.3, 0.4) is 0 Å². The van der Waals surface area contributed by atoms with Gasteiger partial charge in [-0.2, -0.15) is 5.26 Å². The third-order valence-electron chi connectivity index (χ3n) is 8.77. The van der Waals surface area contributed by atoms with Crippen molar-refractivity contribution in [2.24, 2.45) is 18.5 Å². The second-order valence-corrected chi connectivity index (χ2v) is 11.5. The summed E-state index contributed by atoms with van der Waals surface area (Å²) in [7, 11) is 1.81. The highest BCUT2D eigenvalue weighted by Gasteiger charge is 2.46. The van der Waals surface area contributed by atoms with E-state index in [2.05, 4.69) is 45.6 Å². The van der Waals surface area contributed by atoms with E-state index >= 15 is 0 Å². The lowest BCUT2D eigenvalue weighted by molar-refractivity contribution is -0.132. The molecule has 5 rings (SSSR count). The standard InChI is InChI=1S/C31H37N9O2/c1-18(35-17-28(41)40-19(2)5-10-25(40)16-32)15-31(30-36-37-38-39(30)4)26-11-8-21(20(3)33)13-22(26)6-7-23-14-24(29(34)42)9-12-27(23)31/h8-9,11-14,18-19,25,35H,3,5-7,10,15,17,33H2,1-2,4H3,(H2,34,42)/t18-,19-,25-,31?/m0/s1. The number of nitrogens with zero attached hydrogens (tertiary/aromatic N) is 6. The Bertz CT molecular complexity index is 1520. The molecular weight excluding hydrogens is 530 g/mol. The fourth-order valence-electron chi connectivity index (χ4n) is 6.76. The van der Waals surface area contributed by atoms with Crippen LogP contribution in [-0.2, 0) is 30.1 Å². The monoisotopic (exact) mass is 567 g/mol. The number of rotatable bonds is 8. The number of primary amides is 1. The molecule has 0 spiro atoms. The fourth-order valence-corrected chi connectivity index (χ4v) is 6.76. The third kappa shape index (κ3) is 5.03. The summed E-state index contributed by atoms with van der Waals surface area (Å²) in [6, 6.07) is 13.4. The molecule has 5 N–H and O–H groups in total. The number of carbonyl (C=O) groups excluding carboxylic acids is 2. The lowest BCUT2D eigenvalue weighted by Crippen LogP contribution is -2.47. The van der Waals surface area contributed by atoms with E-state index in [1.807, 2.05) is 39.1 Å². The predicted molar refractivity (Wildman–Crippen MR) is 158 cm³/mol. The highest BCUT2D eigenvalue weighted by atomic mass is 16.2. The van der Waals surface area contributed by atoms with E-state index in [-0.39, 0.29) is 24.5 Å². The lowest BCUT2D eigenvalue weighted by Gasteiger charge is -2.37. The van der Waals surface area contributed by atoms with Crippen molar-refractivity contribution in [3.63, 3.8) is 0 Å². The molecule has 42 heavy (non-hydrogen) atoms. The van der Waals surface area contributed by atoms with Gasteiger partial charge in [0.25, 0.3) is 0 Å².